The van der Waals surface area contributed by atoms with Crippen LogP contribution in [0, 0.1) is 0 Å². The van der Waals surface area contributed by atoms with Crippen LogP contribution in [0.25, 0.3) is 0 Å². The molecule has 0 rings (SSSR count). The Bertz CT molecular complexity index is 2810. The van der Waals surface area contributed by atoms with Crippen LogP contribution in [-0.4, -0.2) is 184 Å². The number of ketones is 3. The molecule has 0 aliphatic heterocycles. The molecule has 778 valence electrons. The molecule has 32 nitrogen and oxygen atoms in total. The number of unbranched alkanes of at least 4 members (excludes halogenated alkanes) is 48. The van der Waals surface area contributed by atoms with E-state index in [9.17, 15) is 61.4 Å². The molecular weight excluding hydrogens is 1940 g/mol. The summed E-state index contributed by atoms with van der Waals surface area (Å²) < 4.78 is 156. The minimum atomic E-state index is -4.92. The monoisotopic (exact) mass is 2130 g/mol. The van der Waals surface area contributed by atoms with Gasteiger partial charge in [0.2, 0.25) is 0 Å². The molecule has 0 spiro atoms. The van der Waals surface area contributed by atoms with Crippen molar-refractivity contribution in [3.8, 4) is 0 Å². The van der Waals surface area contributed by atoms with E-state index < -0.39 is 132 Å². The van der Waals surface area contributed by atoms with Gasteiger partial charge in [-0.3, -0.25) is 68.7 Å². The number of Topliss-reactive ketones (excluding diaryl/α,β-unsaturated/α-hetero) is 3. The van der Waals surface area contributed by atoms with Crippen molar-refractivity contribution >= 4 is 74.4 Å². The van der Waals surface area contributed by atoms with Crippen molar-refractivity contribution in [2.24, 2.45) is 0 Å². The summed E-state index contributed by atoms with van der Waals surface area (Å²) >= 11 is 0. The Labute approximate surface area is 862 Å². The number of carbonyl (C=O) groups excluding carboxylic acids is 6. The van der Waals surface area contributed by atoms with Gasteiger partial charge in [0.15, 0.2) is 54.0 Å². The largest absolute Gasteiger partial charge is 1.00 e. The van der Waals surface area contributed by atoms with Crippen molar-refractivity contribution in [3.63, 3.8) is 0 Å². The second-order valence-corrected chi connectivity index (χ2v) is 40.8. The van der Waals surface area contributed by atoms with E-state index in [1.54, 1.807) is 0 Å². The molecule has 11 atom stereocenters. The maximum absolute atomic E-state index is 12.6. The molecule has 0 aromatic carbocycles. The van der Waals surface area contributed by atoms with E-state index >= 15 is 0 Å². The minimum Gasteiger partial charge on any atom is -1.00 e. The van der Waals surface area contributed by atoms with Gasteiger partial charge in [0.1, 0.15) is 0 Å². The van der Waals surface area contributed by atoms with Gasteiger partial charge in [0, 0.05) is 41.2 Å². The summed E-state index contributed by atoms with van der Waals surface area (Å²) in [5.41, 5.74) is 0. The third kappa shape index (κ3) is 96.7. The predicted octanol–water partition coefficient (Wildman–Crippen LogP) is 16.5. The summed E-state index contributed by atoms with van der Waals surface area (Å²) in [4.78, 5) is 90.9. The number of esters is 3. The van der Waals surface area contributed by atoms with Gasteiger partial charge in [-0.15, -0.1) is 0 Å². The molecular formula is C92H185INa2O32P5+. The van der Waals surface area contributed by atoms with Gasteiger partial charge in [-0.05, 0) is 81.6 Å². The predicted molar refractivity (Wildman–Crippen MR) is 506 cm³/mol. The van der Waals surface area contributed by atoms with Gasteiger partial charge in [-0.1, -0.05) is 336 Å². The average Bonchev–Trinajstić information content (AvgIpc) is 0.881. The van der Waals surface area contributed by atoms with Crippen LogP contribution >= 0.6 is 39.1 Å². The van der Waals surface area contributed by atoms with E-state index in [1.165, 1.54) is 351 Å². The summed E-state index contributed by atoms with van der Waals surface area (Å²) in [6, 6.07) is 0. The molecule has 0 fully saturated rings. The molecule has 0 amide bonds. The van der Waals surface area contributed by atoms with Crippen molar-refractivity contribution in [2.45, 2.75) is 455 Å². The molecule has 0 bridgehead atoms. The van der Waals surface area contributed by atoms with E-state index in [2.05, 4.69) is 29.8 Å². The van der Waals surface area contributed by atoms with Crippen LogP contribution in [-0.2, 0) is 139 Å². The summed E-state index contributed by atoms with van der Waals surface area (Å²) in [5, 5.41) is 0. The smallest absolute Gasteiger partial charge is 1.00 e. The molecule has 0 saturated carbocycles. The van der Waals surface area contributed by atoms with E-state index in [0.717, 1.165) is 59.7 Å². The van der Waals surface area contributed by atoms with Crippen molar-refractivity contribution in [3.05, 3.63) is 0 Å². The molecule has 40 heteroatoms. The molecule has 132 heavy (non-hydrogen) atoms. The van der Waals surface area contributed by atoms with Gasteiger partial charge in [-0.2, -0.15) is 0 Å². The first kappa shape index (κ1) is 146. The van der Waals surface area contributed by atoms with Crippen molar-refractivity contribution < 1.29 is 233 Å². The molecule has 1 N–H and O–H groups in total. The van der Waals surface area contributed by atoms with E-state index in [-0.39, 0.29) is 137 Å². The number of halogens is 1. The quantitative estimate of drug-likeness (QED) is 0.0148. The number of carbonyl (C=O) groups is 6. The topological polar surface area (TPSA) is 406 Å². The fourth-order valence-corrected chi connectivity index (χ4v) is 17.0. The van der Waals surface area contributed by atoms with Gasteiger partial charge in [-0.25, -0.2) is 32.6 Å². The third-order valence-corrected chi connectivity index (χ3v) is 27.5. The maximum Gasteiger partial charge on any atom is 1.00 e. The maximum atomic E-state index is 12.6. The normalized spacial score (nSPS) is 14.9. The Morgan fingerprint density at radius 1 is 0.265 bits per heavy atom. The van der Waals surface area contributed by atoms with Gasteiger partial charge in [0.25, 0.3) is 7.82 Å². The van der Waals surface area contributed by atoms with Crippen LogP contribution in [0.2, 0.25) is 0 Å². The van der Waals surface area contributed by atoms with E-state index in [0.29, 0.717) is 19.8 Å². The van der Waals surface area contributed by atoms with Crippen LogP contribution in [0.4, 0.5) is 0 Å². The van der Waals surface area contributed by atoms with Crippen molar-refractivity contribution in [2.75, 3.05) is 107 Å². The van der Waals surface area contributed by atoms with E-state index in [1.807, 2.05) is 0 Å². The number of hydrogen-bond acceptors (Lipinski definition) is 31. The fraction of sp³-hybridized carbons (Fsp3) is 0.935. The molecule has 0 aromatic rings. The summed E-state index contributed by atoms with van der Waals surface area (Å²) in [7, 11) is -17.9. The van der Waals surface area contributed by atoms with Crippen molar-refractivity contribution in [1.29, 1.82) is 0 Å². The first-order chi connectivity index (χ1) is 61.2. The fourth-order valence-electron chi connectivity index (χ4n) is 12.6. The Kier molecular flexibility index (Phi) is 111. The summed E-state index contributed by atoms with van der Waals surface area (Å²) in [6.45, 7) is 18.8. The Hall–Kier alpha value is 0.580. The van der Waals surface area contributed by atoms with Gasteiger partial charge in [0.05, 0.1) is 66.1 Å². The van der Waals surface area contributed by atoms with Crippen LogP contribution in [0.15, 0.2) is 0 Å². The minimum absolute atomic E-state index is 0. The third-order valence-electron chi connectivity index (χ3n) is 20.9. The zero-order valence-corrected chi connectivity index (χ0v) is 95.1. The van der Waals surface area contributed by atoms with Crippen molar-refractivity contribution in [1.82, 2.24) is 0 Å². The SMILES string of the molecule is C.CCCCCCCCCCCCCCCCCCCCCCCCCOCCOP(=O)(OC)OC(C)C(=O)OC(C)C(C)=O.CCCCCCCCCCCCCCCCOCCOP(=O)(OC)OCCOP(=O)(O)OC(C)C(=O)OC(C)C(C)=O.CCCCCCCCCCCCCCCCOCCOP(=O)(OC)OCCOP(=O)([O-])OC(C)C(=O)OC(C)C(C)=O.[H+].[I-].[Na+].[Na+]. The molecule has 0 aliphatic rings. The molecule has 11 unspecified atom stereocenters. The first-order valence-electron chi connectivity index (χ1n) is 48.7. The molecule has 0 heterocycles. The Morgan fingerprint density at radius 2 is 0.447 bits per heavy atom. The molecule has 0 saturated heterocycles. The number of phosphoric ester groups is 5. The zero-order valence-electron chi connectivity index (χ0n) is 85.4. The first-order valence-corrected chi connectivity index (χ1v) is 56.1. The molecule has 0 aliphatic carbocycles. The van der Waals surface area contributed by atoms with Crippen LogP contribution in [0.1, 0.15) is 419 Å². The number of rotatable bonds is 94. The molecule has 0 radical (unpaired) electrons. The Morgan fingerprint density at radius 3 is 0.667 bits per heavy atom. The zero-order chi connectivity index (χ0) is 96.1. The van der Waals surface area contributed by atoms with Gasteiger partial charge >= 0.3 is 110 Å². The summed E-state index contributed by atoms with van der Waals surface area (Å²) in [6.07, 6.45) is 60.3. The van der Waals surface area contributed by atoms with Crippen LogP contribution < -0.4 is 88.0 Å². The van der Waals surface area contributed by atoms with E-state index in [4.69, 9.17) is 78.2 Å². The number of hydrogen-bond donors (Lipinski definition) is 1. The Balaban J connectivity index is -0.000000288. The average molecular weight is 2130 g/mol. The van der Waals surface area contributed by atoms with Gasteiger partial charge < -0.3 is 71.2 Å². The summed E-state index contributed by atoms with van der Waals surface area (Å²) in [5.74, 6) is -3.96. The molecule has 0 aromatic heterocycles. The number of phosphoric acid groups is 5. The van der Waals surface area contributed by atoms with Crippen LogP contribution in [0.3, 0.4) is 0 Å². The standard InChI is InChI=1S/C35H69O8P.2C28H56O12P2.CH4.HI.2Na/c1-6-7-8-9-10-11-12-13-14-15-16-17-18-19-20-21-22-23-24-25-26-27-28-29-40-30-31-41-44(38,39-5)43-34(4)35(37)42-33(3)32(2)36;2*1-6-7-8-9-10-11-12-13-14-15-16-17-18-19-20-35-21-22-37-42(33,34-5)38-24-23-36-41(31,32)40-27(4)28(30)39-26(3)25(2)29;;;;/h33-34H,6-31H2,1-5H3;2*26-27H,6-24H2,1-5H3,(H,31,32);1H4;1H;;/q;;;;;2*+1/p-1. The second kappa shape index (κ2) is 100. The second-order valence-electron chi connectivity index (χ2n) is 32.8. The van der Waals surface area contributed by atoms with Crippen LogP contribution in [0.5, 0.6) is 0 Å². The number of ether oxygens (including phenoxy) is 6.